The van der Waals surface area contributed by atoms with Crippen LogP contribution < -0.4 is 10.9 Å². The lowest BCUT2D eigenvalue weighted by atomic mass is 10.1. The Labute approximate surface area is 133 Å². The highest BCUT2D eigenvalue weighted by molar-refractivity contribution is 6.11. The summed E-state index contributed by atoms with van der Waals surface area (Å²) in [6, 6.07) is 12.8. The predicted molar refractivity (Wildman–Crippen MR) is 90.9 cm³/mol. The first-order chi connectivity index (χ1) is 11.0. The minimum atomic E-state index is -0.325. The van der Waals surface area contributed by atoms with E-state index in [1.54, 1.807) is 31.3 Å². The molecule has 0 bridgehead atoms. The fourth-order valence-corrected chi connectivity index (χ4v) is 2.65. The maximum Gasteiger partial charge on any atom is 0.276 e. The summed E-state index contributed by atoms with van der Waals surface area (Å²) < 4.78 is 1.20. The summed E-state index contributed by atoms with van der Waals surface area (Å²) >= 11 is 0. The second kappa shape index (κ2) is 5.68. The Morgan fingerprint density at radius 1 is 1.00 bits per heavy atom. The number of carbonyl (C=O) groups excluding carboxylic acids is 1. The van der Waals surface area contributed by atoms with E-state index in [1.165, 1.54) is 4.68 Å². The molecule has 5 nitrogen and oxygen atoms in total. The van der Waals surface area contributed by atoms with E-state index in [-0.39, 0.29) is 17.2 Å². The third-order valence-corrected chi connectivity index (χ3v) is 3.89. The maximum atomic E-state index is 12.7. The number of anilines is 1. The zero-order valence-electron chi connectivity index (χ0n) is 13.3. The fraction of sp³-hybridized carbons (Fsp3) is 0.167. The summed E-state index contributed by atoms with van der Waals surface area (Å²) in [5.41, 5.74) is 2.76. The smallest absolute Gasteiger partial charge is 0.276 e. The summed E-state index contributed by atoms with van der Waals surface area (Å²) in [5, 5.41) is 8.10. The quantitative estimate of drug-likeness (QED) is 0.792. The van der Waals surface area contributed by atoms with Crippen molar-refractivity contribution in [2.75, 3.05) is 5.32 Å². The first-order valence-corrected chi connectivity index (χ1v) is 7.32. The van der Waals surface area contributed by atoms with Crippen LogP contribution in [0.1, 0.15) is 21.6 Å². The van der Waals surface area contributed by atoms with Gasteiger partial charge in [-0.2, -0.15) is 5.10 Å². The SMILES string of the molecule is Cc1cccc(C)c1NC(=O)c1nn(C)c(=O)c2ccccc12. The molecule has 1 N–H and O–H groups in total. The van der Waals surface area contributed by atoms with Crippen LogP contribution in [-0.4, -0.2) is 15.7 Å². The predicted octanol–water partition coefficient (Wildman–Crippen LogP) is 2.80. The summed E-state index contributed by atoms with van der Waals surface area (Å²) in [7, 11) is 1.55. The summed E-state index contributed by atoms with van der Waals surface area (Å²) in [6.45, 7) is 3.88. The van der Waals surface area contributed by atoms with Crippen molar-refractivity contribution in [1.29, 1.82) is 0 Å². The molecule has 0 spiro atoms. The van der Waals surface area contributed by atoms with Crippen LogP contribution in [0.3, 0.4) is 0 Å². The van der Waals surface area contributed by atoms with E-state index in [0.29, 0.717) is 10.8 Å². The van der Waals surface area contributed by atoms with Gasteiger partial charge in [-0.1, -0.05) is 36.4 Å². The van der Waals surface area contributed by atoms with Gasteiger partial charge in [0.1, 0.15) is 0 Å². The number of carbonyl (C=O) groups is 1. The van der Waals surface area contributed by atoms with Crippen LogP contribution in [0.25, 0.3) is 10.8 Å². The zero-order valence-corrected chi connectivity index (χ0v) is 13.3. The average Bonchev–Trinajstić information content (AvgIpc) is 2.54. The van der Waals surface area contributed by atoms with Crippen molar-refractivity contribution in [3.05, 3.63) is 69.6 Å². The van der Waals surface area contributed by atoms with E-state index < -0.39 is 0 Å². The topological polar surface area (TPSA) is 64.0 Å². The highest BCUT2D eigenvalue weighted by atomic mass is 16.2. The van der Waals surface area contributed by atoms with Gasteiger partial charge >= 0.3 is 0 Å². The Morgan fingerprint density at radius 3 is 2.26 bits per heavy atom. The van der Waals surface area contributed by atoms with Gasteiger partial charge in [0, 0.05) is 18.1 Å². The minimum Gasteiger partial charge on any atom is -0.320 e. The van der Waals surface area contributed by atoms with Gasteiger partial charge in [-0.05, 0) is 31.0 Å². The Kier molecular flexibility index (Phi) is 3.70. The van der Waals surface area contributed by atoms with Crippen molar-refractivity contribution in [1.82, 2.24) is 9.78 Å². The molecule has 0 saturated carbocycles. The molecular formula is C18H17N3O2. The molecule has 0 aliphatic heterocycles. The Bertz CT molecular complexity index is 953. The van der Waals surface area contributed by atoms with Gasteiger partial charge in [0.25, 0.3) is 11.5 Å². The summed E-state index contributed by atoms with van der Waals surface area (Å²) in [5.74, 6) is -0.325. The van der Waals surface area contributed by atoms with E-state index in [1.807, 2.05) is 32.0 Å². The lowest BCUT2D eigenvalue weighted by molar-refractivity contribution is 0.102. The highest BCUT2D eigenvalue weighted by Crippen LogP contribution is 2.21. The van der Waals surface area contributed by atoms with Gasteiger partial charge in [-0.15, -0.1) is 0 Å². The van der Waals surface area contributed by atoms with E-state index in [9.17, 15) is 9.59 Å². The number of rotatable bonds is 2. The number of benzene rings is 2. The largest absolute Gasteiger partial charge is 0.320 e. The number of para-hydroxylation sites is 1. The van der Waals surface area contributed by atoms with Gasteiger partial charge in [-0.3, -0.25) is 9.59 Å². The van der Waals surface area contributed by atoms with E-state index >= 15 is 0 Å². The molecule has 3 rings (SSSR count). The lowest BCUT2D eigenvalue weighted by Gasteiger charge is -2.12. The highest BCUT2D eigenvalue weighted by Gasteiger charge is 2.17. The van der Waals surface area contributed by atoms with Crippen LogP contribution in [0.5, 0.6) is 0 Å². The molecule has 0 atom stereocenters. The standard InChI is InChI=1S/C18H17N3O2/c1-11-7-6-8-12(2)15(11)19-17(22)16-13-9-4-5-10-14(13)18(23)21(3)20-16/h4-10H,1-3H3,(H,19,22). The van der Waals surface area contributed by atoms with Gasteiger partial charge in [0.05, 0.1) is 5.39 Å². The summed E-state index contributed by atoms with van der Waals surface area (Å²) in [4.78, 5) is 24.8. The molecule has 116 valence electrons. The number of aryl methyl sites for hydroxylation is 3. The number of nitrogens with zero attached hydrogens (tertiary/aromatic N) is 2. The number of aromatic nitrogens is 2. The van der Waals surface area contributed by atoms with Crippen LogP contribution in [0.4, 0.5) is 5.69 Å². The molecule has 1 amide bonds. The molecule has 1 heterocycles. The molecule has 3 aromatic rings. The van der Waals surface area contributed by atoms with Gasteiger partial charge in [0.2, 0.25) is 0 Å². The second-order valence-electron chi connectivity index (χ2n) is 5.54. The summed E-state index contributed by atoms with van der Waals surface area (Å²) in [6.07, 6.45) is 0. The van der Waals surface area contributed by atoms with E-state index in [4.69, 9.17) is 0 Å². The second-order valence-corrected chi connectivity index (χ2v) is 5.54. The van der Waals surface area contributed by atoms with Crippen LogP contribution in [-0.2, 0) is 7.05 Å². The third kappa shape index (κ3) is 2.61. The number of amides is 1. The molecule has 0 radical (unpaired) electrons. The number of fused-ring (bicyclic) bond motifs is 1. The molecular weight excluding hydrogens is 290 g/mol. The first kappa shape index (κ1) is 15.0. The number of hydrogen-bond acceptors (Lipinski definition) is 3. The van der Waals surface area contributed by atoms with Crippen molar-refractivity contribution < 1.29 is 4.79 Å². The lowest BCUT2D eigenvalue weighted by Crippen LogP contribution is -2.25. The minimum absolute atomic E-state index is 0.218. The Balaban J connectivity index is 2.12. The molecule has 0 fully saturated rings. The van der Waals surface area contributed by atoms with Crippen molar-refractivity contribution >= 4 is 22.4 Å². The molecule has 0 aliphatic carbocycles. The van der Waals surface area contributed by atoms with Crippen LogP contribution in [0.15, 0.2) is 47.3 Å². The molecule has 5 heteroatoms. The first-order valence-electron chi connectivity index (χ1n) is 7.32. The van der Waals surface area contributed by atoms with Gasteiger partial charge < -0.3 is 5.32 Å². The molecule has 0 unspecified atom stereocenters. The third-order valence-electron chi connectivity index (χ3n) is 3.89. The zero-order chi connectivity index (χ0) is 16.6. The van der Waals surface area contributed by atoms with Gasteiger partial charge in [0.15, 0.2) is 5.69 Å². The molecule has 23 heavy (non-hydrogen) atoms. The van der Waals surface area contributed by atoms with Crippen LogP contribution >= 0.6 is 0 Å². The molecule has 0 saturated heterocycles. The Hall–Kier alpha value is -2.95. The van der Waals surface area contributed by atoms with Gasteiger partial charge in [-0.25, -0.2) is 4.68 Å². The normalized spacial score (nSPS) is 10.7. The molecule has 2 aromatic carbocycles. The van der Waals surface area contributed by atoms with Crippen molar-refractivity contribution in [3.63, 3.8) is 0 Å². The maximum absolute atomic E-state index is 12.7. The van der Waals surface area contributed by atoms with Crippen LogP contribution in [0.2, 0.25) is 0 Å². The number of hydrogen-bond donors (Lipinski definition) is 1. The van der Waals surface area contributed by atoms with Crippen LogP contribution in [0, 0.1) is 13.8 Å². The Morgan fingerprint density at radius 2 is 1.61 bits per heavy atom. The average molecular weight is 307 g/mol. The van der Waals surface area contributed by atoms with Crippen molar-refractivity contribution in [2.24, 2.45) is 7.05 Å². The van der Waals surface area contributed by atoms with E-state index in [2.05, 4.69) is 10.4 Å². The molecule has 0 aliphatic rings. The van der Waals surface area contributed by atoms with Crippen molar-refractivity contribution in [2.45, 2.75) is 13.8 Å². The monoisotopic (exact) mass is 307 g/mol. The van der Waals surface area contributed by atoms with Crippen molar-refractivity contribution in [3.8, 4) is 0 Å². The number of nitrogens with one attached hydrogen (secondary N) is 1. The fourth-order valence-electron chi connectivity index (χ4n) is 2.65. The molecule has 1 aromatic heterocycles. The van der Waals surface area contributed by atoms with E-state index in [0.717, 1.165) is 16.8 Å².